The van der Waals surface area contributed by atoms with Crippen LogP contribution in [0.1, 0.15) is 40.0 Å². The fourth-order valence-electron chi connectivity index (χ4n) is 1.96. The number of fused-ring (bicyclic) bond motifs is 1. The molecular formula is C9H17NO. The fraction of sp³-hybridized carbons (Fsp3) is 0.889. The summed E-state index contributed by atoms with van der Waals surface area (Å²) in [5, 5.41) is 2.94. The lowest BCUT2D eigenvalue weighted by atomic mass is 9.68. The molecule has 3 aliphatic rings. The van der Waals surface area contributed by atoms with Gasteiger partial charge in [0.15, 0.2) is 0 Å². The van der Waals surface area contributed by atoms with E-state index in [1.807, 2.05) is 13.8 Å². The van der Waals surface area contributed by atoms with Crippen molar-refractivity contribution < 1.29 is 4.79 Å². The lowest BCUT2D eigenvalue weighted by molar-refractivity contribution is -0.126. The largest absolute Gasteiger partial charge is 0.353 e. The molecule has 0 spiro atoms. The first-order valence-electron chi connectivity index (χ1n) is 4.58. The van der Waals surface area contributed by atoms with E-state index in [1.165, 1.54) is 0 Å². The molecule has 2 saturated heterocycles. The van der Waals surface area contributed by atoms with Crippen molar-refractivity contribution >= 4 is 5.91 Å². The minimum atomic E-state index is 0.0880. The Kier molecular flexibility index (Phi) is 2.21. The van der Waals surface area contributed by atoms with Gasteiger partial charge in [-0.3, -0.25) is 4.79 Å². The van der Waals surface area contributed by atoms with Crippen LogP contribution < -0.4 is 5.32 Å². The van der Waals surface area contributed by atoms with Gasteiger partial charge in [-0.05, 0) is 19.3 Å². The van der Waals surface area contributed by atoms with Crippen molar-refractivity contribution in [2.75, 3.05) is 0 Å². The van der Waals surface area contributed by atoms with Gasteiger partial charge in [0.25, 0.3) is 0 Å². The van der Waals surface area contributed by atoms with Gasteiger partial charge in [0.1, 0.15) is 0 Å². The second kappa shape index (κ2) is 2.84. The maximum atomic E-state index is 11.1. The Hall–Kier alpha value is -0.530. The molecule has 1 amide bonds. The van der Waals surface area contributed by atoms with E-state index in [4.69, 9.17) is 0 Å². The number of hydrogen-bond acceptors (Lipinski definition) is 1. The molecule has 0 aromatic carbocycles. The third kappa shape index (κ3) is 1.05. The van der Waals surface area contributed by atoms with Crippen molar-refractivity contribution in [1.82, 2.24) is 5.32 Å². The molecule has 0 atom stereocenters. The molecule has 2 heteroatoms. The monoisotopic (exact) mass is 155 g/mol. The third-order valence-electron chi connectivity index (χ3n) is 2.77. The summed E-state index contributed by atoms with van der Waals surface area (Å²) in [7, 11) is 0. The second-order valence-corrected chi connectivity index (χ2v) is 3.21. The standard InChI is InChI=1S/C7H11NO.C2H6/c1-2-7-3-5(4-7)8-6(7)9;1-2/h5H,2-4H2,1H3,(H,8,9);1-2H3. The lowest BCUT2D eigenvalue weighted by Crippen LogP contribution is -2.34. The molecule has 0 radical (unpaired) electrons. The Balaban J connectivity index is 0.000000281. The number of rotatable bonds is 1. The van der Waals surface area contributed by atoms with Gasteiger partial charge >= 0.3 is 0 Å². The van der Waals surface area contributed by atoms with Gasteiger partial charge in [0.2, 0.25) is 5.91 Å². The summed E-state index contributed by atoms with van der Waals surface area (Å²) in [6, 6.07) is 0.539. The van der Waals surface area contributed by atoms with Crippen LogP contribution in [0, 0.1) is 5.41 Å². The van der Waals surface area contributed by atoms with Crippen LogP contribution in [0.2, 0.25) is 0 Å². The van der Waals surface area contributed by atoms with E-state index >= 15 is 0 Å². The Morgan fingerprint density at radius 1 is 1.55 bits per heavy atom. The highest BCUT2D eigenvalue weighted by molar-refractivity contribution is 5.88. The van der Waals surface area contributed by atoms with Gasteiger partial charge in [-0.25, -0.2) is 0 Å². The third-order valence-corrected chi connectivity index (χ3v) is 2.77. The molecule has 3 fully saturated rings. The second-order valence-electron chi connectivity index (χ2n) is 3.21. The first-order valence-corrected chi connectivity index (χ1v) is 4.58. The smallest absolute Gasteiger partial charge is 0.226 e. The van der Waals surface area contributed by atoms with Crippen molar-refractivity contribution in [2.24, 2.45) is 5.41 Å². The van der Waals surface area contributed by atoms with E-state index < -0.39 is 0 Å². The Bertz CT molecular complexity index is 159. The number of carbonyl (C=O) groups is 1. The predicted molar refractivity (Wildman–Crippen MR) is 45.2 cm³/mol. The quantitative estimate of drug-likeness (QED) is 0.613. The Labute approximate surface area is 68.4 Å². The summed E-state index contributed by atoms with van der Waals surface area (Å²) in [4.78, 5) is 11.1. The molecule has 3 rings (SSSR count). The zero-order valence-corrected chi connectivity index (χ0v) is 7.61. The summed E-state index contributed by atoms with van der Waals surface area (Å²) in [5.74, 6) is 0.301. The molecule has 2 aliphatic heterocycles. The fourth-order valence-corrected chi connectivity index (χ4v) is 1.96. The van der Waals surface area contributed by atoms with Gasteiger partial charge < -0.3 is 5.32 Å². The van der Waals surface area contributed by atoms with E-state index in [2.05, 4.69) is 12.2 Å². The number of carbonyl (C=O) groups excluding carboxylic acids is 1. The van der Waals surface area contributed by atoms with Crippen LogP contribution in [-0.4, -0.2) is 11.9 Å². The normalized spacial score (nSPS) is 38.5. The highest BCUT2D eigenvalue weighted by Gasteiger charge is 2.55. The molecule has 64 valence electrons. The predicted octanol–water partition coefficient (Wildman–Crippen LogP) is 1.70. The summed E-state index contributed by atoms with van der Waals surface area (Å²) in [5.41, 5.74) is 0.0880. The molecule has 1 aliphatic carbocycles. The van der Waals surface area contributed by atoms with E-state index in [0.717, 1.165) is 19.3 Å². The van der Waals surface area contributed by atoms with Gasteiger partial charge in [-0.15, -0.1) is 0 Å². The van der Waals surface area contributed by atoms with Crippen LogP contribution in [-0.2, 0) is 4.79 Å². The van der Waals surface area contributed by atoms with Crippen LogP contribution in [0.5, 0.6) is 0 Å². The Morgan fingerprint density at radius 2 is 2.09 bits per heavy atom. The summed E-state index contributed by atoms with van der Waals surface area (Å²) in [6.07, 6.45) is 3.22. The molecule has 1 saturated carbocycles. The highest BCUT2D eigenvalue weighted by Crippen LogP contribution is 2.49. The van der Waals surface area contributed by atoms with Crippen LogP contribution in [0.4, 0.5) is 0 Å². The molecule has 1 N–H and O–H groups in total. The topological polar surface area (TPSA) is 29.1 Å². The molecular weight excluding hydrogens is 138 g/mol. The zero-order chi connectivity index (χ0) is 8.48. The first kappa shape index (κ1) is 8.57. The molecule has 2 nitrogen and oxygen atoms in total. The van der Waals surface area contributed by atoms with Gasteiger partial charge in [-0.1, -0.05) is 20.8 Å². The SMILES string of the molecule is CC.CCC12CC(C1)NC2=O. The first-order chi connectivity index (χ1) is 5.27. The van der Waals surface area contributed by atoms with Gasteiger partial charge in [0.05, 0.1) is 5.41 Å². The highest BCUT2D eigenvalue weighted by atomic mass is 16.2. The van der Waals surface area contributed by atoms with Crippen LogP contribution in [0.3, 0.4) is 0 Å². The molecule has 2 bridgehead atoms. The average Bonchev–Trinajstić information content (AvgIpc) is 2.44. The minimum absolute atomic E-state index is 0.0880. The average molecular weight is 155 g/mol. The van der Waals surface area contributed by atoms with Crippen molar-refractivity contribution in [3.8, 4) is 0 Å². The lowest BCUT2D eigenvalue weighted by Gasteiger charge is -2.32. The summed E-state index contributed by atoms with van der Waals surface area (Å²) in [6.45, 7) is 6.10. The van der Waals surface area contributed by atoms with Gasteiger partial charge in [0, 0.05) is 6.04 Å². The number of hydrogen-bond donors (Lipinski definition) is 1. The summed E-state index contributed by atoms with van der Waals surface area (Å²) < 4.78 is 0. The minimum Gasteiger partial charge on any atom is -0.353 e. The molecule has 2 heterocycles. The summed E-state index contributed by atoms with van der Waals surface area (Å²) >= 11 is 0. The maximum Gasteiger partial charge on any atom is 0.226 e. The maximum absolute atomic E-state index is 11.1. The van der Waals surface area contributed by atoms with Crippen molar-refractivity contribution in [1.29, 1.82) is 0 Å². The van der Waals surface area contributed by atoms with E-state index in [9.17, 15) is 4.79 Å². The zero-order valence-electron chi connectivity index (χ0n) is 7.61. The van der Waals surface area contributed by atoms with E-state index in [0.29, 0.717) is 11.9 Å². The molecule has 11 heavy (non-hydrogen) atoms. The van der Waals surface area contributed by atoms with E-state index in [1.54, 1.807) is 0 Å². The van der Waals surface area contributed by atoms with Crippen molar-refractivity contribution in [3.63, 3.8) is 0 Å². The molecule has 0 aromatic heterocycles. The van der Waals surface area contributed by atoms with E-state index in [-0.39, 0.29) is 5.41 Å². The molecule has 0 unspecified atom stereocenters. The Morgan fingerprint density at radius 3 is 2.27 bits per heavy atom. The molecule has 0 aromatic rings. The number of amides is 1. The van der Waals surface area contributed by atoms with Crippen LogP contribution in [0.25, 0.3) is 0 Å². The van der Waals surface area contributed by atoms with Crippen molar-refractivity contribution in [3.05, 3.63) is 0 Å². The van der Waals surface area contributed by atoms with Crippen LogP contribution >= 0.6 is 0 Å². The van der Waals surface area contributed by atoms with Gasteiger partial charge in [-0.2, -0.15) is 0 Å². The number of nitrogens with one attached hydrogen (secondary N) is 1. The van der Waals surface area contributed by atoms with Crippen molar-refractivity contribution in [2.45, 2.75) is 46.1 Å². The van der Waals surface area contributed by atoms with Crippen LogP contribution in [0.15, 0.2) is 0 Å².